The number of nitrogens with one attached hydrogen (secondary N) is 1. The molecule has 0 saturated carbocycles. The lowest BCUT2D eigenvalue weighted by atomic mass is 10.1. The van der Waals surface area contributed by atoms with Gasteiger partial charge < -0.3 is 9.72 Å². The number of hydrogen-bond acceptors (Lipinski definition) is 3. The predicted molar refractivity (Wildman–Crippen MR) is 85.8 cm³/mol. The van der Waals surface area contributed by atoms with Gasteiger partial charge in [0.25, 0.3) is 5.56 Å². The highest BCUT2D eigenvalue weighted by molar-refractivity contribution is 5.57. The third-order valence-electron chi connectivity index (χ3n) is 3.38. The molecule has 1 N–H and O–H groups in total. The molecule has 1 aromatic heterocycles. The first-order valence-electron chi connectivity index (χ1n) is 7.16. The second kappa shape index (κ2) is 6.44. The SMILES string of the molecule is Cc1ccc(F)c(-c2ncc(OCc3ccccc3)c(=O)[nH]2)c1. The van der Waals surface area contributed by atoms with E-state index >= 15 is 0 Å². The molecule has 0 unspecified atom stereocenters. The fourth-order valence-corrected chi connectivity index (χ4v) is 2.18. The van der Waals surface area contributed by atoms with Crippen LogP contribution in [0.25, 0.3) is 11.4 Å². The van der Waals surface area contributed by atoms with Crippen molar-refractivity contribution in [3.8, 4) is 17.1 Å². The Morgan fingerprint density at radius 1 is 1.17 bits per heavy atom. The molecular formula is C18H15FN2O2. The van der Waals surface area contributed by atoms with Gasteiger partial charge in [-0.05, 0) is 24.6 Å². The molecule has 0 aliphatic heterocycles. The lowest BCUT2D eigenvalue weighted by molar-refractivity contribution is 0.300. The minimum absolute atomic E-state index is 0.102. The number of ether oxygens (including phenoxy) is 1. The molecule has 0 atom stereocenters. The summed E-state index contributed by atoms with van der Waals surface area (Å²) in [5.74, 6) is -0.148. The molecule has 23 heavy (non-hydrogen) atoms. The maximum absolute atomic E-state index is 13.9. The summed E-state index contributed by atoms with van der Waals surface area (Å²) in [6.45, 7) is 2.11. The Morgan fingerprint density at radius 2 is 1.96 bits per heavy atom. The zero-order chi connectivity index (χ0) is 16.2. The molecule has 0 spiro atoms. The van der Waals surface area contributed by atoms with Gasteiger partial charge in [0.1, 0.15) is 18.2 Å². The molecule has 5 heteroatoms. The quantitative estimate of drug-likeness (QED) is 0.803. The maximum Gasteiger partial charge on any atom is 0.293 e. The molecule has 2 aromatic carbocycles. The number of H-pyrrole nitrogens is 1. The van der Waals surface area contributed by atoms with Gasteiger partial charge >= 0.3 is 0 Å². The summed E-state index contributed by atoms with van der Waals surface area (Å²) in [5.41, 5.74) is 1.65. The summed E-state index contributed by atoms with van der Waals surface area (Å²) < 4.78 is 19.3. The van der Waals surface area contributed by atoms with Gasteiger partial charge in [-0.25, -0.2) is 9.37 Å². The summed E-state index contributed by atoms with van der Waals surface area (Å²) in [6, 6.07) is 14.1. The van der Waals surface area contributed by atoms with Gasteiger partial charge in [-0.15, -0.1) is 0 Å². The molecule has 116 valence electrons. The van der Waals surface area contributed by atoms with Crippen molar-refractivity contribution in [1.82, 2.24) is 9.97 Å². The number of rotatable bonds is 4. The van der Waals surface area contributed by atoms with Crippen molar-refractivity contribution in [2.45, 2.75) is 13.5 Å². The van der Waals surface area contributed by atoms with Crippen LogP contribution in [-0.2, 0) is 6.61 Å². The number of aromatic nitrogens is 2. The van der Waals surface area contributed by atoms with Crippen molar-refractivity contribution in [2.75, 3.05) is 0 Å². The summed E-state index contributed by atoms with van der Waals surface area (Å²) in [4.78, 5) is 18.8. The van der Waals surface area contributed by atoms with Crippen molar-refractivity contribution >= 4 is 0 Å². The zero-order valence-corrected chi connectivity index (χ0v) is 12.5. The van der Waals surface area contributed by atoms with E-state index < -0.39 is 11.4 Å². The van der Waals surface area contributed by atoms with E-state index in [4.69, 9.17) is 4.74 Å². The predicted octanol–water partition coefficient (Wildman–Crippen LogP) is 3.46. The van der Waals surface area contributed by atoms with Crippen LogP contribution in [0.15, 0.2) is 59.5 Å². The minimum atomic E-state index is -0.438. The van der Waals surface area contributed by atoms with Crippen molar-refractivity contribution in [3.63, 3.8) is 0 Å². The van der Waals surface area contributed by atoms with Gasteiger partial charge in [0.05, 0.1) is 11.8 Å². The van der Waals surface area contributed by atoms with Crippen LogP contribution < -0.4 is 10.3 Å². The van der Waals surface area contributed by atoms with E-state index in [1.54, 1.807) is 12.1 Å². The number of benzene rings is 2. The second-order valence-electron chi connectivity index (χ2n) is 5.18. The number of halogens is 1. The number of nitrogens with zero attached hydrogens (tertiary/aromatic N) is 1. The molecule has 0 aliphatic rings. The number of aromatic amines is 1. The highest BCUT2D eigenvalue weighted by Crippen LogP contribution is 2.20. The first-order valence-corrected chi connectivity index (χ1v) is 7.16. The molecule has 0 amide bonds. The monoisotopic (exact) mass is 310 g/mol. The summed E-state index contributed by atoms with van der Waals surface area (Å²) in [6.07, 6.45) is 1.32. The van der Waals surface area contributed by atoms with Gasteiger partial charge in [-0.2, -0.15) is 0 Å². The lowest BCUT2D eigenvalue weighted by Gasteiger charge is -2.07. The number of hydrogen-bond donors (Lipinski definition) is 1. The molecule has 0 radical (unpaired) electrons. The molecule has 0 aliphatic carbocycles. The smallest absolute Gasteiger partial charge is 0.293 e. The third kappa shape index (κ3) is 3.45. The molecule has 3 rings (SSSR count). The average Bonchev–Trinajstić information content (AvgIpc) is 2.57. The van der Waals surface area contributed by atoms with Gasteiger partial charge in [0, 0.05) is 0 Å². The van der Waals surface area contributed by atoms with Crippen molar-refractivity contribution < 1.29 is 9.13 Å². The van der Waals surface area contributed by atoms with Crippen LogP contribution in [0, 0.1) is 12.7 Å². The van der Waals surface area contributed by atoms with Crippen LogP contribution in [0.3, 0.4) is 0 Å². The van der Waals surface area contributed by atoms with Crippen molar-refractivity contribution in [2.24, 2.45) is 0 Å². The minimum Gasteiger partial charge on any atom is -0.482 e. The van der Waals surface area contributed by atoms with E-state index in [2.05, 4.69) is 9.97 Å². The van der Waals surface area contributed by atoms with Crippen LogP contribution in [0.2, 0.25) is 0 Å². The fraction of sp³-hybridized carbons (Fsp3) is 0.111. The molecule has 0 fully saturated rings. The van der Waals surface area contributed by atoms with E-state index in [9.17, 15) is 9.18 Å². The summed E-state index contributed by atoms with van der Waals surface area (Å²) in [5, 5.41) is 0. The van der Waals surface area contributed by atoms with Crippen LogP contribution in [-0.4, -0.2) is 9.97 Å². The Kier molecular flexibility index (Phi) is 4.19. The second-order valence-corrected chi connectivity index (χ2v) is 5.18. The Balaban J connectivity index is 1.83. The lowest BCUT2D eigenvalue weighted by Crippen LogP contribution is -2.13. The Labute approximate surface area is 132 Å². The number of aryl methyl sites for hydroxylation is 1. The Morgan fingerprint density at radius 3 is 2.70 bits per heavy atom. The molecule has 4 nitrogen and oxygen atoms in total. The van der Waals surface area contributed by atoms with Crippen LogP contribution >= 0.6 is 0 Å². The van der Waals surface area contributed by atoms with Crippen LogP contribution in [0.4, 0.5) is 4.39 Å². The van der Waals surface area contributed by atoms with E-state index in [0.29, 0.717) is 0 Å². The highest BCUT2D eigenvalue weighted by Gasteiger charge is 2.10. The van der Waals surface area contributed by atoms with E-state index in [0.717, 1.165) is 11.1 Å². The molecule has 0 saturated heterocycles. The van der Waals surface area contributed by atoms with E-state index in [-0.39, 0.29) is 23.7 Å². The maximum atomic E-state index is 13.9. The zero-order valence-electron chi connectivity index (χ0n) is 12.5. The fourth-order valence-electron chi connectivity index (χ4n) is 2.18. The van der Waals surface area contributed by atoms with Crippen molar-refractivity contribution in [1.29, 1.82) is 0 Å². The standard InChI is InChI=1S/C18H15FN2O2/c1-12-7-8-15(19)14(9-12)17-20-10-16(18(22)21-17)23-11-13-5-3-2-4-6-13/h2-10H,11H2,1H3,(H,20,21,22). The van der Waals surface area contributed by atoms with E-state index in [1.165, 1.54) is 12.3 Å². The molecule has 3 aromatic rings. The Hall–Kier alpha value is -2.95. The largest absolute Gasteiger partial charge is 0.482 e. The normalized spacial score (nSPS) is 10.5. The first kappa shape index (κ1) is 15.0. The van der Waals surface area contributed by atoms with Gasteiger partial charge in [0.2, 0.25) is 5.75 Å². The van der Waals surface area contributed by atoms with Gasteiger partial charge in [0.15, 0.2) is 0 Å². The van der Waals surface area contributed by atoms with Crippen LogP contribution in [0.1, 0.15) is 11.1 Å². The molecular weight excluding hydrogens is 295 g/mol. The topological polar surface area (TPSA) is 55.0 Å². The highest BCUT2D eigenvalue weighted by atomic mass is 19.1. The Bertz CT molecular complexity index is 876. The van der Waals surface area contributed by atoms with Gasteiger partial charge in [-0.3, -0.25) is 4.79 Å². The summed E-state index contributed by atoms with van der Waals surface area (Å²) >= 11 is 0. The summed E-state index contributed by atoms with van der Waals surface area (Å²) in [7, 11) is 0. The van der Waals surface area contributed by atoms with Gasteiger partial charge in [-0.1, -0.05) is 42.0 Å². The van der Waals surface area contributed by atoms with E-state index in [1.807, 2.05) is 37.3 Å². The third-order valence-corrected chi connectivity index (χ3v) is 3.38. The molecule has 1 heterocycles. The van der Waals surface area contributed by atoms with Crippen molar-refractivity contribution in [3.05, 3.63) is 82.0 Å². The molecule has 0 bridgehead atoms. The van der Waals surface area contributed by atoms with Crippen LogP contribution in [0.5, 0.6) is 5.75 Å². The average molecular weight is 310 g/mol. The first-order chi connectivity index (χ1) is 11.1.